The molecule has 9 heteroatoms. The number of anilines is 2. The zero-order valence-corrected chi connectivity index (χ0v) is 15.8. The maximum absolute atomic E-state index is 12.3. The van der Waals surface area contributed by atoms with Crippen LogP contribution in [0, 0.1) is 0 Å². The van der Waals surface area contributed by atoms with Crippen molar-refractivity contribution in [2.75, 3.05) is 43.5 Å². The lowest BCUT2D eigenvalue weighted by molar-refractivity contribution is -0.0757. The van der Waals surface area contributed by atoms with Crippen LogP contribution in [-0.2, 0) is 16.8 Å². The maximum Gasteiger partial charge on any atom is 0.261 e. The zero-order chi connectivity index (χ0) is 18.9. The van der Waals surface area contributed by atoms with Crippen LogP contribution >= 0.6 is 11.3 Å². The van der Waals surface area contributed by atoms with E-state index >= 15 is 0 Å². The van der Waals surface area contributed by atoms with E-state index in [0.29, 0.717) is 11.5 Å². The van der Waals surface area contributed by atoms with Gasteiger partial charge in [0.05, 0.1) is 23.7 Å². The van der Waals surface area contributed by atoms with Crippen molar-refractivity contribution in [2.24, 2.45) is 0 Å². The van der Waals surface area contributed by atoms with Crippen molar-refractivity contribution < 1.29 is 14.6 Å². The highest BCUT2D eigenvalue weighted by Crippen LogP contribution is 2.45. The summed E-state index contributed by atoms with van der Waals surface area (Å²) in [4.78, 5) is 24.6. The minimum absolute atomic E-state index is 0.0622. The number of nitrogens with one attached hydrogen (secondary N) is 1. The lowest BCUT2D eigenvalue weighted by Crippen LogP contribution is -2.46. The Kier molecular flexibility index (Phi) is 4.98. The van der Waals surface area contributed by atoms with Gasteiger partial charge in [0.1, 0.15) is 5.82 Å². The third kappa shape index (κ3) is 3.50. The van der Waals surface area contributed by atoms with Gasteiger partial charge in [-0.2, -0.15) is 4.98 Å². The molecule has 1 fully saturated rings. The first-order chi connectivity index (χ1) is 13.1. The molecule has 144 valence electrons. The number of aliphatic hydroxyl groups is 1. The topological polar surface area (TPSA) is 114 Å². The Morgan fingerprint density at radius 2 is 2.26 bits per heavy atom. The Morgan fingerprint density at radius 1 is 1.44 bits per heavy atom. The Hall–Kier alpha value is -2.23. The molecule has 4 rings (SSSR count). The number of amides is 1. The Morgan fingerprint density at radius 3 is 3.00 bits per heavy atom. The summed E-state index contributed by atoms with van der Waals surface area (Å²) in [6.45, 7) is 2.48. The van der Waals surface area contributed by atoms with Gasteiger partial charge >= 0.3 is 0 Å². The highest BCUT2D eigenvalue weighted by molar-refractivity contribution is 7.14. The van der Waals surface area contributed by atoms with Crippen molar-refractivity contribution >= 4 is 29.0 Å². The van der Waals surface area contributed by atoms with Crippen molar-refractivity contribution in [3.05, 3.63) is 33.6 Å². The van der Waals surface area contributed by atoms with Gasteiger partial charge in [-0.15, -0.1) is 11.3 Å². The van der Waals surface area contributed by atoms with Gasteiger partial charge < -0.3 is 25.8 Å². The van der Waals surface area contributed by atoms with Gasteiger partial charge in [-0.3, -0.25) is 4.79 Å². The van der Waals surface area contributed by atoms with Crippen molar-refractivity contribution in [3.8, 4) is 0 Å². The molecule has 2 aliphatic heterocycles. The molecule has 27 heavy (non-hydrogen) atoms. The SMILES string of the molecule is Nc1nccc(N2CCC3(CC2)OCCc2sc(C(=O)NCCO)cc23)n1. The second-order valence-corrected chi connectivity index (χ2v) is 7.92. The Labute approximate surface area is 161 Å². The summed E-state index contributed by atoms with van der Waals surface area (Å²) in [5.74, 6) is 0.982. The molecular formula is C18H23N5O3S. The number of thiophene rings is 1. The standard InChI is InChI=1S/C18H23N5O3S/c19-17-21-5-1-15(22-17)23-7-3-18(4-8-23)12-11-14(16(25)20-6-9-24)27-13(12)2-10-26-18/h1,5,11,24H,2-4,6-10H2,(H,20,25)(H2,19,21,22). The third-order valence-corrected chi connectivity index (χ3v) is 6.38. The van der Waals surface area contributed by atoms with Crippen LogP contribution in [0.3, 0.4) is 0 Å². The monoisotopic (exact) mass is 389 g/mol. The first kappa shape index (κ1) is 18.1. The molecule has 2 aromatic heterocycles. The van der Waals surface area contributed by atoms with Crippen molar-refractivity contribution in [3.63, 3.8) is 0 Å². The normalized spacial score (nSPS) is 18.3. The number of aromatic nitrogens is 2. The summed E-state index contributed by atoms with van der Waals surface area (Å²) in [5.41, 5.74) is 6.51. The highest BCUT2D eigenvalue weighted by Gasteiger charge is 2.42. The van der Waals surface area contributed by atoms with Crippen LogP contribution in [0.5, 0.6) is 0 Å². The summed E-state index contributed by atoms with van der Waals surface area (Å²) in [7, 11) is 0. The molecule has 0 radical (unpaired) electrons. The molecule has 0 saturated carbocycles. The molecule has 1 saturated heterocycles. The first-order valence-electron chi connectivity index (χ1n) is 9.11. The van der Waals surface area contributed by atoms with Gasteiger partial charge in [0.15, 0.2) is 0 Å². The number of nitrogens with zero attached hydrogens (tertiary/aromatic N) is 3. The van der Waals surface area contributed by atoms with E-state index in [0.717, 1.165) is 43.7 Å². The van der Waals surface area contributed by atoms with Crippen LogP contribution in [0.2, 0.25) is 0 Å². The molecule has 0 unspecified atom stereocenters. The Balaban J connectivity index is 1.53. The van der Waals surface area contributed by atoms with Crippen LogP contribution in [0.1, 0.15) is 33.0 Å². The lowest BCUT2D eigenvalue weighted by atomic mass is 9.82. The number of rotatable bonds is 4. The number of nitrogens with two attached hydrogens (primary N) is 1. The smallest absolute Gasteiger partial charge is 0.261 e. The van der Waals surface area contributed by atoms with Crippen LogP contribution in [-0.4, -0.2) is 53.8 Å². The van der Waals surface area contributed by atoms with Crippen LogP contribution < -0.4 is 16.0 Å². The minimum Gasteiger partial charge on any atom is -0.395 e. The predicted molar refractivity (Wildman–Crippen MR) is 103 cm³/mol. The van der Waals surface area contributed by atoms with Crippen molar-refractivity contribution in [1.29, 1.82) is 0 Å². The van der Waals surface area contributed by atoms with Gasteiger partial charge in [0.25, 0.3) is 5.91 Å². The molecule has 0 aliphatic carbocycles. The van der Waals surface area contributed by atoms with Crippen molar-refractivity contribution in [1.82, 2.24) is 15.3 Å². The second kappa shape index (κ2) is 7.41. The molecule has 1 amide bonds. The quantitative estimate of drug-likeness (QED) is 0.712. The van der Waals surface area contributed by atoms with E-state index in [1.807, 2.05) is 12.1 Å². The number of piperidine rings is 1. The summed E-state index contributed by atoms with van der Waals surface area (Å²) >= 11 is 1.54. The fraction of sp³-hybridized carbons (Fsp3) is 0.500. The molecule has 0 bridgehead atoms. The minimum atomic E-state index is -0.339. The van der Waals surface area contributed by atoms with Gasteiger partial charge in [-0.05, 0) is 30.5 Å². The van der Waals surface area contributed by atoms with Gasteiger partial charge in [-0.1, -0.05) is 0 Å². The number of nitrogen functional groups attached to an aromatic ring is 1. The van der Waals surface area contributed by atoms with Crippen molar-refractivity contribution in [2.45, 2.75) is 24.9 Å². The molecule has 8 nitrogen and oxygen atoms in total. The largest absolute Gasteiger partial charge is 0.395 e. The number of aliphatic hydroxyl groups excluding tert-OH is 1. The van der Waals surface area contributed by atoms with E-state index in [2.05, 4.69) is 20.2 Å². The first-order valence-corrected chi connectivity index (χ1v) is 9.93. The molecule has 0 atom stereocenters. The highest BCUT2D eigenvalue weighted by atomic mass is 32.1. The molecule has 2 aliphatic rings. The number of ether oxygens (including phenoxy) is 1. The second-order valence-electron chi connectivity index (χ2n) is 6.78. The Bertz CT molecular complexity index is 832. The van der Waals surface area contributed by atoms with E-state index in [-0.39, 0.29) is 30.6 Å². The summed E-state index contributed by atoms with van der Waals surface area (Å²) < 4.78 is 6.27. The molecule has 0 aromatic carbocycles. The number of hydrogen-bond acceptors (Lipinski definition) is 8. The van der Waals surface area contributed by atoms with Crippen LogP contribution in [0.15, 0.2) is 18.3 Å². The summed E-state index contributed by atoms with van der Waals surface area (Å²) in [6.07, 6.45) is 4.17. The van der Waals surface area contributed by atoms with Gasteiger partial charge in [0, 0.05) is 37.1 Å². The fourth-order valence-electron chi connectivity index (χ4n) is 3.84. The molecule has 2 aromatic rings. The number of carbonyl (C=O) groups is 1. The zero-order valence-electron chi connectivity index (χ0n) is 15.0. The van der Waals surface area contributed by atoms with Crippen LogP contribution in [0.25, 0.3) is 0 Å². The average Bonchev–Trinajstić information content (AvgIpc) is 3.13. The van der Waals surface area contributed by atoms with Gasteiger partial charge in [-0.25, -0.2) is 4.98 Å². The number of fused-ring (bicyclic) bond motifs is 2. The van der Waals surface area contributed by atoms with E-state index < -0.39 is 0 Å². The van der Waals surface area contributed by atoms with E-state index in [1.165, 1.54) is 16.2 Å². The molecule has 4 heterocycles. The fourth-order valence-corrected chi connectivity index (χ4v) is 4.98. The summed E-state index contributed by atoms with van der Waals surface area (Å²) in [6, 6.07) is 3.85. The third-order valence-electron chi connectivity index (χ3n) is 5.18. The number of hydrogen-bond donors (Lipinski definition) is 3. The van der Waals surface area contributed by atoms with E-state index in [9.17, 15) is 4.79 Å². The van der Waals surface area contributed by atoms with E-state index in [4.69, 9.17) is 15.6 Å². The molecular weight excluding hydrogens is 366 g/mol. The van der Waals surface area contributed by atoms with E-state index in [1.54, 1.807) is 6.20 Å². The average molecular weight is 389 g/mol. The number of carbonyl (C=O) groups excluding carboxylic acids is 1. The maximum atomic E-state index is 12.3. The molecule has 1 spiro atoms. The predicted octanol–water partition coefficient (Wildman–Crippen LogP) is 0.911. The van der Waals surface area contributed by atoms with Gasteiger partial charge in [0.2, 0.25) is 5.95 Å². The lowest BCUT2D eigenvalue weighted by Gasteiger charge is -2.44. The molecule has 4 N–H and O–H groups in total. The van der Waals surface area contributed by atoms with Crippen LogP contribution in [0.4, 0.5) is 11.8 Å². The summed E-state index contributed by atoms with van der Waals surface area (Å²) in [5, 5.41) is 11.6.